The average molecular weight is 374 g/mol. The summed E-state index contributed by atoms with van der Waals surface area (Å²) in [5, 5.41) is 13.8. The van der Waals surface area contributed by atoms with Gasteiger partial charge in [-0.15, -0.1) is 0 Å². The summed E-state index contributed by atoms with van der Waals surface area (Å²) in [6.45, 7) is 5.00. The Labute approximate surface area is 140 Å². The summed E-state index contributed by atoms with van der Waals surface area (Å²) in [6.07, 6.45) is 1.35. The molecule has 1 fully saturated rings. The van der Waals surface area contributed by atoms with Gasteiger partial charge in [0.15, 0.2) is 11.5 Å². The summed E-state index contributed by atoms with van der Waals surface area (Å²) >= 11 is 3.51. The fourth-order valence-corrected chi connectivity index (χ4v) is 3.20. The van der Waals surface area contributed by atoms with Gasteiger partial charge in [0, 0.05) is 39.1 Å². The minimum absolute atomic E-state index is 0.560. The lowest BCUT2D eigenvalue weighted by atomic mass is 9.94. The van der Waals surface area contributed by atoms with E-state index in [1.807, 2.05) is 19.1 Å². The molecule has 1 aromatic carbocycles. The van der Waals surface area contributed by atoms with Gasteiger partial charge in [0.1, 0.15) is 0 Å². The molecule has 5 nitrogen and oxygen atoms in total. The van der Waals surface area contributed by atoms with Crippen LogP contribution in [0, 0.1) is 0 Å². The Morgan fingerprint density at radius 2 is 2.09 bits per heavy atom. The lowest BCUT2D eigenvalue weighted by Crippen LogP contribution is -2.44. The molecular weight excluding hydrogens is 350 g/mol. The number of hydrogen-bond acceptors (Lipinski definition) is 5. The third-order valence-corrected chi connectivity index (χ3v) is 4.37. The number of nitrogens with one attached hydrogen (secondary N) is 1. The Morgan fingerprint density at radius 1 is 1.36 bits per heavy atom. The van der Waals surface area contributed by atoms with Crippen molar-refractivity contribution in [2.75, 3.05) is 33.5 Å². The molecule has 22 heavy (non-hydrogen) atoms. The predicted octanol–water partition coefficient (Wildman–Crippen LogP) is 2.49. The van der Waals surface area contributed by atoms with Gasteiger partial charge in [-0.2, -0.15) is 0 Å². The van der Waals surface area contributed by atoms with Crippen LogP contribution in [0.15, 0.2) is 16.6 Å². The molecular formula is C16H24BrNO4. The van der Waals surface area contributed by atoms with Gasteiger partial charge in [-0.05, 0) is 40.5 Å². The number of rotatable bonds is 7. The second-order valence-corrected chi connectivity index (χ2v) is 6.34. The number of benzene rings is 1. The van der Waals surface area contributed by atoms with Crippen LogP contribution < -0.4 is 14.8 Å². The summed E-state index contributed by atoms with van der Waals surface area (Å²) in [5.41, 5.74) is 0.414. The van der Waals surface area contributed by atoms with Crippen LogP contribution in [0.2, 0.25) is 0 Å². The molecule has 6 heteroatoms. The van der Waals surface area contributed by atoms with Crippen molar-refractivity contribution >= 4 is 15.9 Å². The summed E-state index contributed by atoms with van der Waals surface area (Å²) in [4.78, 5) is 0. The van der Waals surface area contributed by atoms with E-state index in [0.717, 1.165) is 15.8 Å². The lowest BCUT2D eigenvalue weighted by molar-refractivity contribution is -0.0617. The molecule has 0 bridgehead atoms. The highest BCUT2D eigenvalue weighted by Crippen LogP contribution is 2.36. The Kier molecular flexibility index (Phi) is 6.50. The summed E-state index contributed by atoms with van der Waals surface area (Å²) < 4.78 is 17.1. The molecule has 1 aliphatic rings. The van der Waals surface area contributed by atoms with Crippen molar-refractivity contribution in [1.29, 1.82) is 0 Å². The summed E-state index contributed by atoms with van der Waals surface area (Å²) in [6, 6.07) is 3.97. The molecule has 2 rings (SSSR count). The zero-order chi connectivity index (χ0) is 16.0. The zero-order valence-corrected chi connectivity index (χ0v) is 14.7. The normalized spacial score (nSPS) is 17.3. The maximum atomic E-state index is 10.4. The first-order chi connectivity index (χ1) is 10.6. The van der Waals surface area contributed by atoms with Crippen LogP contribution in [0.4, 0.5) is 0 Å². The van der Waals surface area contributed by atoms with Gasteiger partial charge in [0.05, 0.1) is 23.8 Å². The lowest BCUT2D eigenvalue weighted by Gasteiger charge is -2.32. The van der Waals surface area contributed by atoms with Crippen molar-refractivity contribution in [2.24, 2.45) is 0 Å². The monoisotopic (exact) mass is 373 g/mol. The SMILES string of the molecule is CCOc1cc(CNCC2(O)CCOCC2)cc(Br)c1OC. The van der Waals surface area contributed by atoms with E-state index in [1.165, 1.54) is 0 Å². The Bertz CT molecular complexity index is 489. The summed E-state index contributed by atoms with van der Waals surface area (Å²) in [7, 11) is 1.63. The quantitative estimate of drug-likeness (QED) is 0.768. The second kappa shape index (κ2) is 8.15. The van der Waals surface area contributed by atoms with Crippen LogP contribution in [0.5, 0.6) is 11.5 Å². The first kappa shape index (κ1) is 17.5. The largest absolute Gasteiger partial charge is 0.492 e. The van der Waals surface area contributed by atoms with E-state index >= 15 is 0 Å². The van der Waals surface area contributed by atoms with E-state index in [1.54, 1.807) is 7.11 Å². The van der Waals surface area contributed by atoms with E-state index < -0.39 is 5.60 Å². The number of hydrogen-bond donors (Lipinski definition) is 2. The molecule has 0 unspecified atom stereocenters. The Hall–Kier alpha value is -0.820. The van der Waals surface area contributed by atoms with Gasteiger partial charge in [-0.25, -0.2) is 0 Å². The van der Waals surface area contributed by atoms with E-state index in [9.17, 15) is 5.11 Å². The van der Waals surface area contributed by atoms with Crippen molar-refractivity contribution in [3.8, 4) is 11.5 Å². The van der Waals surface area contributed by atoms with Gasteiger partial charge < -0.3 is 24.6 Å². The first-order valence-electron chi connectivity index (χ1n) is 7.58. The standard InChI is InChI=1S/C16H24BrNO4/c1-3-22-14-9-12(8-13(17)15(14)20-2)10-18-11-16(19)4-6-21-7-5-16/h8-9,18-19H,3-7,10-11H2,1-2H3. The first-order valence-corrected chi connectivity index (χ1v) is 8.37. The third-order valence-electron chi connectivity index (χ3n) is 3.78. The van der Waals surface area contributed by atoms with Crippen LogP contribution in [-0.4, -0.2) is 44.2 Å². The van der Waals surface area contributed by atoms with Crippen LogP contribution in [-0.2, 0) is 11.3 Å². The van der Waals surface area contributed by atoms with E-state index in [-0.39, 0.29) is 0 Å². The predicted molar refractivity (Wildman–Crippen MR) is 88.6 cm³/mol. The molecule has 1 aliphatic heterocycles. The van der Waals surface area contributed by atoms with Gasteiger partial charge in [-0.3, -0.25) is 0 Å². The average Bonchev–Trinajstić information content (AvgIpc) is 2.48. The second-order valence-electron chi connectivity index (χ2n) is 5.48. The molecule has 0 aliphatic carbocycles. The van der Waals surface area contributed by atoms with Crippen LogP contribution in [0.3, 0.4) is 0 Å². The minimum atomic E-state index is -0.662. The maximum Gasteiger partial charge on any atom is 0.174 e. The third kappa shape index (κ3) is 4.59. The van der Waals surface area contributed by atoms with Crippen LogP contribution in [0.1, 0.15) is 25.3 Å². The molecule has 1 aromatic rings. The molecule has 1 heterocycles. The Morgan fingerprint density at radius 3 is 2.73 bits per heavy atom. The fraction of sp³-hybridized carbons (Fsp3) is 0.625. The molecule has 124 valence electrons. The van der Waals surface area contributed by atoms with Crippen molar-refractivity contribution in [2.45, 2.75) is 31.9 Å². The topological polar surface area (TPSA) is 60.0 Å². The van der Waals surface area contributed by atoms with Crippen LogP contribution >= 0.6 is 15.9 Å². The van der Waals surface area contributed by atoms with Gasteiger partial charge >= 0.3 is 0 Å². The smallest absolute Gasteiger partial charge is 0.174 e. The molecule has 0 spiro atoms. The fourth-order valence-electron chi connectivity index (χ4n) is 2.55. The van der Waals surface area contributed by atoms with Crippen molar-refractivity contribution in [3.63, 3.8) is 0 Å². The van der Waals surface area contributed by atoms with E-state index in [2.05, 4.69) is 21.2 Å². The number of methoxy groups -OCH3 is 1. The van der Waals surface area contributed by atoms with E-state index in [4.69, 9.17) is 14.2 Å². The van der Waals surface area contributed by atoms with Gasteiger partial charge in [0.2, 0.25) is 0 Å². The molecule has 0 saturated carbocycles. The van der Waals surface area contributed by atoms with Crippen molar-refractivity contribution in [3.05, 3.63) is 22.2 Å². The zero-order valence-electron chi connectivity index (χ0n) is 13.2. The number of ether oxygens (including phenoxy) is 3. The van der Waals surface area contributed by atoms with Gasteiger partial charge in [-0.1, -0.05) is 0 Å². The summed E-state index contributed by atoms with van der Waals surface area (Å²) in [5.74, 6) is 1.43. The molecule has 0 amide bonds. The minimum Gasteiger partial charge on any atom is -0.492 e. The molecule has 2 N–H and O–H groups in total. The highest BCUT2D eigenvalue weighted by Gasteiger charge is 2.29. The Balaban J connectivity index is 1.97. The maximum absolute atomic E-state index is 10.4. The van der Waals surface area contributed by atoms with E-state index in [0.29, 0.717) is 51.5 Å². The molecule has 0 atom stereocenters. The number of aliphatic hydroxyl groups is 1. The highest BCUT2D eigenvalue weighted by atomic mass is 79.9. The van der Waals surface area contributed by atoms with Gasteiger partial charge in [0.25, 0.3) is 0 Å². The van der Waals surface area contributed by atoms with Crippen LogP contribution in [0.25, 0.3) is 0 Å². The molecule has 0 radical (unpaired) electrons. The number of halogens is 1. The van der Waals surface area contributed by atoms with Crippen molar-refractivity contribution in [1.82, 2.24) is 5.32 Å². The molecule has 0 aromatic heterocycles. The highest BCUT2D eigenvalue weighted by molar-refractivity contribution is 9.10. The molecule has 1 saturated heterocycles. The van der Waals surface area contributed by atoms with Crippen molar-refractivity contribution < 1.29 is 19.3 Å².